The van der Waals surface area contributed by atoms with E-state index in [4.69, 9.17) is 28.6 Å². The molecule has 3 aromatic rings. The molecule has 0 aliphatic heterocycles. The first-order valence-corrected chi connectivity index (χ1v) is 11.9. The van der Waals surface area contributed by atoms with Gasteiger partial charge in [-0.2, -0.15) is 18.3 Å². The molecule has 0 saturated carbocycles. The minimum Gasteiger partial charge on any atom is -0.462 e. The third kappa shape index (κ3) is 6.28. The Morgan fingerprint density at radius 2 is 2.00 bits per heavy atom. The standard InChI is InChI=1S/C22H22ClF3N4O2S2/c1-3-32-20(31)15-12-16(14-8-5-4-6-9-14)34-19(15)28-21(33)27-10-7-11-30-13(2)17(23)18(29-30)22(24,25)26/h4-6,8-9,12H,3,7,10-11H2,1-2H3,(H2,27,28,33). The van der Waals surface area contributed by atoms with Gasteiger partial charge < -0.3 is 15.4 Å². The van der Waals surface area contributed by atoms with Gasteiger partial charge in [-0.15, -0.1) is 11.3 Å². The van der Waals surface area contributed by atoms with E-state index in [1.54, 1.807) is 13.0 Å². The van der Waals surface area contributed by atoms with Gasteiger partial charge in [-0.3, -0.25) is 4.68 Å². The molecule has 0 bridgehead atoms. The SMILES string of the molecule is CCOC(=O)c1cc(-c2ccccc2)sc1NC(=S)NCCCn1nc(C(F)(F)F)c(Cl)c1C. The summed E-state index contributed by atoms with van der Waals surface area (Å²) in [4.78, 5) is 13.3. The van der Waals surface area contributed by atoms with E-state index in [1.807, 2.05) is 30.3 Å². The largest absolute Gasteiger partial charge is 0.462 e. The summed E-state index contributed by atoms with van der Waals surface area (Å²) in [7, 11) is 0. The monoisotopic (exact) mass is 530 g/mol. The average molecular weight is 531 g/mol. The van der Waals surface area contributed by atoms with Gasteiger partial charge in [0.15, 0.2) is 10.8 Å². The Balaban J connectivity index is 1.62. The lowest BCUT2D eigenvalue weighted by atomic mass is 10.1. The lowest BCUT2D eigenvalue weighted by Crippen LogP contribution is -2.30. The van der Waals surface area contributed by atoms with Gasteiger partial charge in [-0.1, -0.05) is 41.9 Å². The van der Waals surface area contributed by atoms with E-state index in [1.165, 1.54) is 22.9 Å². The van der Waals surface area contributed by atoms with Crippen molar-refractivity contribution < 1.29 is 22.7 Å². The number of aryl methyl sites for hydroxylation is 1. The van der Waals surface area contributed by atoms with Crippen molar-refractivity contribution in [1.82, 2.24) is 15.1 Å². The number of benzene rings is 1. The van der Waals surface area contributed by atoms with E-state index in [0.29, 0.717) is 23.5 Å². The van der Waals surface area contributed by atoms with Crippen LogP contribution in [0.15, 0.2) is 36.4 Å². The smallest absolute Gasteiger partial charge is 0.436 e. The number of aromatic nitrogens is 2. The number of alkyl halides is 3. The molecule has 0 spiro atoms. The van der Waals surface area contributed by atoms with Crippen molar-refractivity contribution in [3.63, 3.8) is 0 Å². The fourth-order valence-electron chi connectivity index (χ4n) is 3.09. The van der Waals surface area contributed by atoms with Crippen molar-refractivity contribution in [2.45, 2.75) is 33.0 Å². The van der Waals surface area contributed by atoms with E-state index < -0.39 is 22.9 Å². The molecular formula is C22H22ClF3N4O2S2. The number of anilines is 1. The van der Waals surface area contributed by atoms with Crippen LogP contribution in [0.2, 0.25) is 5.02 Å². The summed E-state index contributed by atoms with van der Waals surface area (Å²) in [5.74, 6) is -0.460. The van der Waals surface area contributed by atoms with Gasteiger partial charge in [-0.25, -0.2) is 4.79 Å². The maximum absolute atomic E-state index is 13.0. The van der Waals surface area contributed by atoms with Crippen LogP contribution >= 0.6 is 35.2 Å². The fraction of sp³-hybridized carbons (Fsp3) is 0.318. The normalized spacial score (nSPS) is 11.4. The molecule has 0 aliphatic carbocycles. The van der Waals surface area contributed by atoms with Crippen molar-refractivity contribution in [2.75, 3.05) is 18.5 Å². The number of hydrogen-bond acceptors (Lipinski definition) is 5. The van der Waals surface area contributed by atoms with Gasteiger partial charge in [0, 0.05) is 18.0 Å². The average Bonchev–Trinajstić information content (AvgIpc) is 3.33. The lowest BCUT2D eigenvalue weighted by Gasteiger charge is -2.11. The Kier molecular flexibility index (Phi) is 8.56. The number of nitrogens with zero attached hydrogens (tertiary/aromatic N) is 2. The van der Waals surface area contributed by atoms with Crippen molar-refractivity contribution in [3.05, 3.63) is 58.4 Å². The molecule has 6 nitrogen and oxygen atoms in total. The van der Waals surface area contributed by atoms with Gasteiger partial charge in [-0.05, 0) is 44.1 Å². The fourth-order valence-corrected chi connectivity index (χ4v) is 4.66. The van der Waals surface area contributed by atoms with Gasteiger partial charge >= 0.3 is 12.1 Å². The van der Waals surface area contributed by atoms with Crippen molar-refractivity contribution in [1.29, 1.82) is 0 Å². The van der Waals surface area contributed by atoms with Crippen molar-refractivity contribution >= 4 is 51.2 Å². The minimum absolute atomic E-state index is 0.225. The van der Waals surface area contributed by atoms with Crippen LogP contribution in [0.1, 0.15) is 35.1 Å². The predicted molar refractivity (Wildman–Crippen MR) is 132 cm³/mol. The highest BCUT2D eigenvalue weighted by atomic mass is 35.5. The summed E-state index contributed by atoms with van der Waals surface area (Å²) in [6.07, 6.45) is -4.16. The zero-order chi connectivity index (χ0) is 24.9. The van der Waals surface area contributed by atoms with Gasteiger partial charge in [0.2, 0.25) is 0 Å². The third-order valence-corrected chi connectivity index (χ3v) is 6.55. The van der Waals surface area contributed by atoms with E-state index in [2.05, 4.69) is 15.7 Å². The molecule has 0 radical (unpaired) electrons. The highest BCUT2D eigenvalue weighted by Crippen LogP contribution is 2.36. The number of esters is 1. The first-order chi connectivity index (χ1) is 16.1. The molecule has 0 amide bonds. The number of rotatable bonds is 8. The minimum atomic E-state index is -4.60. The highest BCUT2D eigenvalue weighted by molar-refractivity contribution is 7.80. The van der Waals surface area contributed by atoms with E-state index in [9.17, 15) is 18.0 Å². The van der Waals surface area contributed by atoms with Crippen LogP contribution in [0.3, 0.4) is 0 Å². The highest BCUT2D eigenvalue weighted by Gasteiger charge is 2.38. The molecule has 34 heavy (non-hydrogen) atoms. The summed E-state index contributed by atoms with van der Waals surface area (Å²) < 4.78 is 45.3. The van der Waals surface area contributed by atoms with Gasteiger partial charge in [0.1, 0.15) is 5.00 Å². The summed E-state index contributed by atoms with van der Waals surface area (Å²) in [6.45, 7) is 4.05. The molecule has 0 fully saturated rings. The van der Waals surface area contributed by atoms with E-state index in [0.717, 1.165) is 10.4 Å². The Hall–Kier alpha value is -2.63. The molecule has 0 saturated heterocycles. The van der Waals surface area contributed by atoms with Crippen LogP contribution in [0.4, 0.5) is 18.2 Å². The molecule has 1 aromatic carbocycles. The first-order valence-electron chi connectivity index (χ1n) is 10.3. The summed E-state index contributed by atoms with van der Waals surface area (Å²) in [6, 6.07) is 11.4. The number of thiophene rings is 1. The molecule has 0 unspecified atom stereocenters. The Bertz CT molecular complexity index is 1160. The summed E-state index contributed by atoms with van der Waals surface area (Å²) >= 11 is 12.5. The predicted octanol–water partition coefficient (Wildman–Crippen LogP) is 6.15. The zero-order valence-corrected chi connectivity index (χ0v) is 20.7. The molecule has 2 heterocycles. The molecule has 2 aromatic heterocycles. The molecule has 182 valence electrons. The Labute approximate surface area is 209 Å². The van der Waals surface area contributed by atoms with Crippen molar-refractivity contribution in [2.24, 2.45) is 0 Å². The second kappa shape index (κ2) is 11.2. The summed E-state index contributed by atoms with van der Waals surface area (Å²) in [5.41, 5.74) is 0.490. The maximum Gasteiger partial charge on any atom is 0.436 e. The van der Waals surface area contributed by atoms with E-state index in [-0.39, 0.29) is 24.0 Å². The second-order valence-electron chi connectivity index (χ2n) is 7.14. The van der Waals surface area contributed by atoms with Crippen LogP contribution in [0.25, 0.3) is 10.4 Å². The number of hydrogen-bond donors (Lipinski definition) is 2. The molecule has 12 heteroatoms. The molecule has 2 N–H and O–H groups in total. The van der Waals surface area contributed by atoms with Gasteiger partial charge in [0.25, 0.3) is 0 Å². The third-order valence-electron chi connectivity index (χ3n) is 4.75. The molecule has 0 atom stereocenters. The van der Waals surface area contributed by atoms with Crippen LogP contribution in [0, 0.1) is 6.92 Å². The molecular weight excluding hydrogens is 509 g/mol. The molecule has 0 aliphatic rings. The first kappa shape index (κ1) is 26.0. The number of ether oxygens (including phenoxy) is 1. The van der Waals surface area contributed by atoms with Gasteiger partial charge in [0.05, 0.1) is 22.9 Å². The van der Waals surface area contributed by atoms with Crippen LogP contribution in [-0.2, 0) is 17.5 Å². The lowest BCUT2D eigenvalue weighted by molar-refractivity contribution is -0.141. The number of halogens is 4. The second-order valence-corrected chi connectivity index (χ2v) is 8.98. The maximum atomic E-state index is 13.0. The van der Waals surface area contributed by atoms with E-state index >= 15 is 0 Å². The van der Waals surface area contributed by atoms with Crippen LogP contribution in [-0.4, -0.2) is 34.0 Å². The zero-order valence-electron chi connectivity index (χ0n) is 18.3. The number of thiocarbonyl (C=S) groups is 1. The van der Waals surface area contributed by atoms with Crippen molar-refractivity contribution in [3.8, 4) is 10.4 Å². The number of carbonyl (C=O) groups is 1. The Morgan fingerprint density at radius 1 is 1.29 bits per heavy atom. The van der Waals surface area contributed by atoms with Crippen LogP contribution < -0.4 is 10.6 Å². The summed E-state index contributed by atoms with van der Waals surface area (Å²) in [5, 5.41) is 10.0. The quantitative estimate of drug-likeness (QED) is 0.207. The topological polar surface area (TPSA) is 68.2 Å². The number of carbonyl (C=O) groups excluding carboxylic acids is 1. The number of nitrogens with one attached hydrogen (secondary N) is 2. The Morgan fingerprint density at radius 3 is 2.62 bits per heavy atom. The van der Waals surface area contributed by atoms with Crippen LogP contribution in [0.5, 0.6) is 0 Å². The molecule has 3 rings (SSSR count).